The summed E-state index contributed by atoms with van der Waals surface area (Å²) in [6.45, 7) is 0. The van der Waals surface area contributed by atoms with Crippen molar-refractivity contribution in [1.82, 2.24) is 4.98 Å². The number of nitrogens with two attached hydrogens (primary N) is 1. The lowest BCUT2D eigenvalue weighted by Gasteiger charge is -2.13. The highest BCUT2D eigenvalue weighted by atomic mass is 19.4. The first-order chi connectivity index (χ1) is 9.81. The molecule has 2 aromatic rings. The summed E-state index contributed by atoms with van der Waals surface area (Å²) in [6.07, 6.45) is -3.67. The van der Waals surface area contributed by atoms with Crippen LogP contribution in [0.4, 0.5) is 34.6 Å². The molecular formula is C13H11F4N3O. The molecule has 0 amide bonds. The van der Waals surface area contributed by atoms with Crippen LogP contribution < -0.4 is 15.8 Å². The van der Waals surface area contributed by atoms with Crippen LogP contribution in [-0.2, 0) is 6.18 Å². The molecule has 0 fully saturated rings. The lowest BCUT2D eigenvalue weighted by Crippen LogP contribution is -2.09. The van der Waals surface area contributed by atoms with E-state index in [9.17, 15) is 17.6 Å². The van der Waals surface area contributed by atoms with Gasteiger partial charge in [0, 0.05) is 11.8 Å². The first kappa shape index (κ1) is 14.9. The number of rotatable bonds is 3. The van der Waals surface area contributed by atoms with Crippen LogP contribution in [0.5, 0.6) is 5.75 Å². The highest BCUT2D eigenvalue weighted by Crippen LogP contribution is 2.33. The fraction of sp³-hybridized carbons (Fsp3) is 0.154. The van der Waals surface area contributed by atoms with Gasteiger partial charge in [0.15, 0.2) is 11.6 Å². The van der Waals surface area contributed by atoms with Crippen molar-refractivity contribution in [3.8, 4) is 5.75 Å². The first-order valence-corrected chi connectivity index (χ1v) is 5.74. The SMILES string of the molecule is COc1cc(Nc2cc(C(F)(F)F)ncc2N)ccc1F. The van der Waals surface area contributed by atoms with Crippen LogP contribution >= 0.6 is 0 Å². The molecule has 1 aromatic carbocycles. The molecule has 21 heavy (non-hydrogen) atoms. The van der Waals surface area contributed by atoms with E-state index in [2.05, 4.69) is 10.3 Å². The molecule has 0 bridgehead atoms. The standard InChI is InChI=1S/C13H11F4N3O/c1-21-11-4-7(2-3-8(11)14)20-10-5-12(13(15,16)17)19-6-9(10)18/h2-6H,18H2,1H3,(H,19,20). The van der Waals surface area contributed by atoms with E-state index in [1.54, 1.807) is 0 Å². The fourth-order valence-corrected chi connectivity index (χ4v) is 1.62. The van der Waals surface area contributed by atoms with Crippen molar-refractivity contribution in [3.63, 3.8) is 0 Å². The summed E-state index contributed by atoms with van der Waals surface area (Å²) in [5.74, 6) is -0.620. The Balaban J connectivity index is 2.35. The Kier molecular flexibility index (Phi) is 3.88. The fourth-order valence-electron chi connectivity index (χ4n) is 1.62. The first-order valence-electron chi connectivity index (χ1n) is 5.74. The lowest BCUT2D eigenvalue weighted by molar-refractivity contribution is -0.141. The predicted octanol–water partition coefficient (Wildman–Crippen LogP) is 3.57. The van der Waals surface area contributed by atoms with E-state index in [0.717, 1.165) is 18.3 Å². The third-order valence-corrected chi connectivity index (χ3v) is 2.66. The largest absolute Gasteiger partial charge is 0.494 e. The molecule has 0 saturated carbocycles. The van der Waals surface area contributed by atoms with Crippen molar-refractivity contribution >= 4 is 17.1 Å². The van der Waals surface area contributed by atoms with Crippen molar-refractivity contribution in [3.05, 3.63) is 42.0 Å². The van der Waals surface area contributed by atoms with E-state index in [1.807, 2.05) is 0 Å². The van der Waals surface area contributed by atoms with Crippen LogP contribution in [0.25, 0.3) is 0 Å². The molecular weight excluding hydrogens is 290 g/mol. The number of aromatic nitrogens is 1. The molecule has 3 N–H and O–H groups in total. The third kappa shape index (κ3) is 3.33. The number of nitrogens with one attached hydrogen (secondary N) is 1. The van der Waals surface area contributed by atoms with Crippen molar-refractivity contribution in [1.29, 1.82) is 0 Å². The summed E-state index contributed by atoms with van der Waals surface area (Å²) in [6, 6.07) is 4.57. The Hall–Kier alpha value is -2.51. The molecule has 0 aliphatic heterocycles. The maximum Gasteiger partial charge on any atom is 0.433 e. The zero-order valence-corrected chi connectivity index (χ0v) is 10.8. The topological polar surface area (TPSA) is 60.2 Å². The highest BCUT2D eigenvalue weighted by Gasteiger charge is 2.33. The number of pyridine rings is 1. The van der Waals surface area contributed by atoms with Gasteiger partial charge < -0.3 is 15.8 Å². The minimum absolute atomic E-state index is 0.0194. The van der Waals surface area contributed by atoms with E-state index in [0.29, 0.717) is 5.69 Å². The van der Waals surface area contributed by atoms with E-state index in [-0.39, 0.29) is 17.1 Å². The molecule has 1 aromatic heterocycles. The van der Waals surface area contributed by atoms with E-state index in [4.69, 9.17) is 10.5 Å². The molecule has 0 atom stereocenters. The van der Waals surface area contributed by atoms with Crippen molar-refractivity contribution in [2.75, 3.05) is 18.2 Å². The molecule has 8 heteroatoms. The van der Waals surface area contributed by atoms with Gasteiger partial charge in [-0.3, -0.25) is 0 Å². The van der Waals surface area contributed by atoms with Crippen LogP contribution in [0, 0.1) is 5.82 Å². The monoisotopic (exact) mass is 301 g/mol. The number of alkyl halides is 3. The number of ether oxygens (including phenoxy) is 1. The van der Waals surface area contributed by atoms with E-state index < -0.39 is 17.7 Å². The van der Waals surface area contributed by atoms with Gasteiger partial charge in [0.25, 0.3) is 0 Å². The van der Waals surface area contributed by atoms with Gasteiger partial charge in [-0.1, -0.05) is 0 Å². The maximum atomic E-state index is 13.3. The van der Waals surface area contributed by atoms with Gasteiger partial charge >= 0.3 is 6.18 Å². The molecule has 0 radical (unpaired) electrons. The van der Waals surface area contributed by atoms with Gasteiger partial charge in [-0.2, -0.15) is 13.2 Å². The van der Waals surface area contributed by atoms with Crippen LogP contribution in [0.15, 0.2) is 30.5 Å². The second-order valence-electron chi connectivity index (χ2n) is 4.13. The van der Waals surface area contributed by atoms with Gasteiger partial charge in [-0.25, -0.2) is 9.37 Å². The number of anilines is 3. The summed E-state index contributed by atoms with van der Waals surface area (Å²) < 4.78 is 55.9. The summed E-state index contributed by atoms with van der Waals surface area (Å²) in [4.78, 5) is 3.22. The Morgan fingerprint density at radius 1 is 1.24 bits per heavy atom. The van der Waals surface area contributed by atoms with Gasteiger partial charge in [0.1, 0.15) is 5.69 Å². The van der Waals surface area contributed by atoms with Crippen LogP contribution in [0.2, 0.25) is 0 Å². The quantitative estimate of drug-likeness (QED) is 0.851. The summed E-state index contributed by atoms with van der Waals surface area (Å²) in [5, 5.41) is 2.67. The number of benzene rings is 1. The predicted molar refractivity (Wildman–Crippen MR) is 69.9 cm³/mol. The average Bonchev–Trinajstić information content (AvgIpc) is 2.42. The third-order valence-electron chi connectivity index (χ3n) is 2.66. The zero-order chi connectivity index (χ0) is 15.6. The number of nitrogen functional groups attached to an aromatic ring is 1. The minimum atomic E-state index is -4.58. The molecule has 0 saturated heterocycles. The molecule has 0 aliphatic rings. The molecule has 0 unspecified atom stereocenters. The zero-order valence-electron chi connectivity index (χ0n) is 10.8. The van der Waals surface area contributed by atoms with Gasteiger partial charge in [-0.05, 0) is 18.2 Å². The second-order valence-corrected chi connectivity index (χ2v) is 4.13. The Morgan fingerprint density at radius 3 is 2.57 bits per heavy atom. The highest BCUT2D eigenvalue weighted by molar-refractivity contribution is 5.72. The Bertz CT molecular complexity index is 658. The maximum absolute atomic E-state index is 13.3. The lowest BCUT2D eigenvalue weighted by atomic mass is 10.2. The number of methoxy groups -OCH3 is 1. The average molecular weight is 301 g/mol. The van der Waals surface area contributed by atoms with Crippen molar-refractivity contribution in [2.24, 2.45) is 0 Å². The number of hydrogen-bond acceptors (Lipinski definition) is 4. The molecule has 112 valence electrons. The number of nitrogens with zero attached hydrogens (tertiary/aromatic N) is 1. The molecule has 1 heterocycles. The molecule has 0 aliphatic carbocycles. The smallest absolute Gasteiger partial charge is 0.433 e. The number of hydrogen-bond donors (Lipinski definition) is 2. The van der Waals surface area contributed by atoms with Crippen molar-refractivity contribution < 1.29 is 22.3 Å². The van der Waals surface area contributed by atoms with Crippen LogP contribution in [0.3, 0.4) is 0 Å². The van der Waals surface area contributed by atoms with Crippen LogP contribution in [-0.4, -0.2) is 12.1 Å². The molecule has 0 spiro atoms. The minimum Gasteiger partial charge on any atom is -0.494 e. The normalized spacial score (nSPS) is 11.3. The summed E-state index contributed by atoms with van der Waals surface area (Å²) in [5.41, 5.74) is 4.89. The van der Waals surface area contributed by atoms with Crippen molar-refractivity contribution in [2.45, 2.75) is 6.18 Å². The van der Waals surface area contributed by atoms with Gasteiger partial charge in [0.05, 0.1) is 24.7 Å². The summed E-state index contributed by atoms with van der Waals surface area (Å²) in [7, 11) is 1.28. The van der Waals surface area contributed by atoms with Gasteiger partial charge in [0.2, 0.25) is 0 Å². The van der Waals surface area contributed by atoms with E-state index in [1.165, 1.54) is 19.2 Å². The van der Waals surface area contributed by atoms with Crippen LogP contribution in [0.1, 0.15) is 5.69 Å². The number of halogens is 4. The Morgan fingerprint density at radius 2 is 1.95 bits per heavy atom. The summed E-state index contributed by atoms with van der Waals surface area (Å²) >= 11 is 0. The molecule has 4 nitrogen and oxygen atoms in total. The van der Waals surface area contributed by atoms with E-state index >= 15 is 0 Å². The Labute approximate surface area is 117 Å². The molecule has 2 rings (SSSR count). The van der Waals surface area contributed by atoms with Gasteiger partial charge in [-0.15, -0.1) is 0 Å². The second kappa shape index (κ2) is 5.47.